The largest absolute Gasteiger partial charge is 0.464 e. The Hall–Kier alpha value is -1.87. The predicted octanol–water partition coefficient (Wildman–Crippen LogP) is 4.93. The first-order valence-electron chi connectivity index (χ1n) is 9.24. The van der Waals surface area contributed by atoms with Crippen molar-refractivity contribution in [2.75, 3.05) is 13.2 Å². The first kappa shape index (κ1) is 19.5. The molecule has 0 radical (unpaired) electrons. The average Bonchev–Trinajstić information content (AvgIpc) is 2.62. The van der Waals surface area contributed by atoms with Gasteiger partial charge >= 0.3 is 5.97 Å². The Kier molecular flexibility index (Phi) is 7.01. The molecule has 2 aliphatic rings. The van der Waals surface area contributed by atoms with Gasteiger partial charge in [0, 0.05) is 17.4 Å². The van der Waals surface area contributed by atoms with Crippen LogP contribution in [-0.2, 0) is 14.3 Å². The average molecular weight is 342 g/mol. The van der Waals surface area contributed by atoms with E-state index in [1.54, 1.807) is 0 Å². The lowest BCUT2D eigenvalue weighted by molar-refractivity contribution is -0.156. The fourth-order valence-corrected chi connectivity index (χ4v) is 3.06. The predicted molar refractivity (Wildman–Crippen MR) is 102 cm³/mol. The molecule has 0 N–H and O–H groups in total. The first-order valence-corrected chi connectivity index (χ1v) is 9.24. The molecular formula is C22H30O3. The van der Waals surface area contributed by atoms with Crippen molar-refractivity contribution in [1.82, 2.24) is 0 Å². The van der Waals surface area contributed by atoms with Crippen LogP contribution in [0.25, 0.3) is 0 Å². The second-order valence-corrected chi connectivity index (χ2v) is 6.75. The zero-order chi connectivity index (χ0) is 18.2. The number of carbonyl (C=O) groups excluding carboxylic acids is 1. The number of esters is 1. The van der Waals surface area contributed by atoms with Crippen LogP contribution in [0.15, 0.2) is 60.8 Å². The van der Waals surface area contributed by atoms with Crippen molar-refractivity contribution in [2.45, 2.75) is 46.1 Å². The van der Waals surface area contributed by atoms with Crippen molar-refractivity contribution in [3.05, 3.63) is 60.8 Å². The molecule has 1 spiro atoms. The van der Waals surface area contributed by atoms with Crippen molar-refractivity contribution in [3.63, 3.8) is 0 Å². The Morgan fingerprint density at radius 3 is 2.36 bits per heavy atom. The number of hydrogen-bond acceptors (Lipinski definition) is 3. The summed E-state index contributed by atoms with van der Waals surface area (Å²) in [6.45, 7) is 6.79. The fourth-order valence-electron chi connectivity index (χ4n) is 3.06. The van der Waals surface area contributed by atoms with Crippen LogP contribution < -0.4 is 0 Å². The molecule has 136 valence electrons. The van der Waals surface area contributed by atoms with Gasteiger partial charge in [0.05, 0.1) is 6.61 Å². The van der Waals surface area contributed by atoms with E-state index >= 15 is 0 Å². The van der Waals surface area contributed by atoms with Crippen molar-refractivity contribution in [3.8, 4) is 0 Å². The van der Waals surface area contributed by atoms with Gasteiger partial charge in [-0.25, -0.2) is 4.79 Å². The van der Waals surface area contributed by atoms with Crippen LogP contribution in [0, 0.1) is 10.8 Å². The molecule has 0 bridgehead atoms. The van der Waals surface area contributed by atoms with Gasteiger partial charge in [-0.15, -0.1) is 0 Å². The Labute approximate surface area is 151 Å². The number of rotatable bonds is 8. The summed E-state index contributed by atoms with van der Waals surface area (Å²) in [5.41, 5.74) is -0.134. The van der Waals surface area contributed by atoms with Gasteiger partial charge in [-0.05, 0) is 40.0 Å². The highest BCUT2D eigenvalue weighted by molar-refractivity contribution is 5.74. The quantitative estimate of drug-likeness (QED) is 0.464. The minimum atomic E-state index is -0.472. The highest BCUT2D eigenvalue weighted by Crippen LogP contribution is 2.38. The SMILES string of the molecule is CCOC(=O)C(CC/C=C\C1(C)C=CC2(C=CCC=C2)C=C1)OCC. The number of hydrogen-bond donors (Lipinski definition) is 0. The van der Waals surface area contributed by atoms with Crippen LogP contribution in [0.1, 0.15) is 40.0 Å². The summed E-state index contributed by atoms with van der Waals surface area (Å²) in [7, 11) is 0. The monoisotopic (exact) mass is 342 g/mol. The zero-order valence-corrected chi connectivity index (χ0v) is 15.6. The Bertz CT molecular complexity index is 564. The van der Waals surface area contributed by atoms with Gasteiger partial charge < -0.3 is 9.47 Å². The van der Waals surface area contributed by atoms with Gasteiger partial charge in [-0.3, -0.25) is 0 Å². The molecule has 0 saturated heterocycles. The lowest BCUT2D eigenvalue weighted by Crippen LogP contribution is -2.26. The maximum Gasteiger partial charge on any atom is 0.335 e. The summed E-state index contributed by atoms with van der Waals surface area (Å²) < 4.78 is 10.6. The van der Waals surface area contributed by atoms with Gasteiger partial charge in [0.1, 0.15) is 0 Å². The first-order chi connectivity index (χ1) is 12.0. The van der Waals surface area contributed by atoms with Gasteiger partial charge in [-0.1, -0.05) is 60.8 Å². The van der Waals surface area contributed by atoms with Crippen LogP contribution in [0.4, 0.5) is 0 Å². The molecule has 0 heterocycles. The Morgan fingerprint density at radius 2 is 1.76 bits per heavy atom. The molecule has 1 atom stereocenters. The van der Waals surface area contributed by atoms with Crippen molar-refractivity contribution in [2.24, 2.45) is 10.8 Å². The molecule has 0 aliphatic heterocycles. The van der Waals surface area contributed by atoms with Crippen LogP contribution in [0.5, 0.6) is 0 Å². The van der Waals surface area contributed by atoms with Crippen LogP contribution in [0.2, 0.25) is 0 Å². The van der Waals surface area contributed by atoms with E-state index in [9.17, 15) is 4.79 Å². The van der Waals surface area contributed by atoms with Gasteiger partial charge in [-0.2, -0.15) is 0 Å². The molecule has 2 aliphatic carbocycles. The van der Waals surface area contributed by atoms with E-state index in [1.807, 2.05) is 13.8 Å². The summed E-state index contributed by atoms with van der Waals surface area (Å²) >= 11 is 0. The second-order valence-electron chi connectivity index (χ2n) is 6.75. The Balaban J connectivity index is 1.89. The van der Waals surface area contributed by atoms with Crippen molar-refractivity contribution < 1.29 is 14.3 Å². The zero-order valence-electron chi connectivity index (χ0n) is 15.6. The number of allylic oxidation sites excluding steroid dienone is 10. The normalized spacial score (nSPS) is 21.1. The molecule has 0 saturated carbocycles. The van der Waals surface area contributed by atoms with Gasteiger partial charge in [0.15, 0.2) is 6.10 Å². The van der Waals surface area contributed by atoms with Crippen molar-refractivity contribution in [1.29, 1.82) is 0 Å². The third-order valence-corrected chi connectivity index (χ3v) is 4.54. The van der Waals surface area contributed by atoms with E-state index in [4.69, 9.17) is 9.47 Å². The smallest absolute Gasteiger partial charge is 0.335 e. The van der Waals surface area contributed by atoms with E-state index in [0.29, 0.717) is 19.6 Å². The molecule has 3 heteroatoms. The minimum Gasteiger partial charge on any atom is -0.464 e. The topological polar surface area (TPSA) is 35.5 Å². The van der Waals surface area contributed by atoms with Gasteiger partial charge in [0.2, 0.25) is 0 Å². The van der Waals surface area contributed by atoms with Gasteiger partial charge in [0.25, 0.3) is 0 Å². The minimum absolute atomic E-state index is 0.0461. The molecule has 25 heavy (non-hydrogen) atoms. The summed E-state index contributed by atoms with van der Waals surface area (Å²) in [5, 5.41) is 0. The lowest BCUT2D eigenvalue weighted by atomic mass is 9.74. The molecule has 1 unspecified atom stereocenters. The standard InChI is InChI=1S/C22H30O3/c1-4-24-19(20(23)25-5-2)11-7-10-12-21(3)15-17-22(18-16-21)13-8-6-9-14-22/h8-10,12-19H,4-7,11H2,1-3H3/b12-10-. The second kappa shape index (κ2) is 9.00. The van der Waals surface area contributed by atoms with Crippen LogP contribution in [0.3, 0.4) is 0 Å². The third-order valence-electron chi connectivity index (χ3n) is 4.54. The summed E-state index contributed by atoms with van der Waals surface area (Å²) in [6, 6.07) is 0. The fraction of sp³-hybridized carbons (Fsp3) is 0.500. The molecule has 2 rings (SSSR count). The van der Waals surface area contributed by atoms with Crippen LogP contribution >= 0.6 is 0 Å². The van der Waals surface area contributed by atoms with E-state index in [2.05, 4.69) is 67.7 Å². The molecule has 0 fully saturated rings. The summed E-state index contributed by atoms with van der Waals surface area (Å²) in [6.07, 6.45) is 24.2. The molecule has 3 nitrogen and oxygen atoms in total. The third kappa shape index (κ3) is 5.57. The maximum atomic E-state index is 11.9. The van der Waals surface area contributed by atoms with E-state index in [-0.39, 0.29) is 16.8 Å². The molecule has 0 aromatic rings. The summed E-state index contributed by atoms with van der Waals surface area (Å²) in [4.78, 5) is 11.9. The van der Waals surface area contributed by atoms with E-state index in [1.165, 1.54) is 0 Å². The van der Waals surface area contributed by atoms with Crippen LogP contribution in [-0.4, -0.2) is 25.3 Å². The highest BCUT2D eigenvalue weighted by Gasteiger charge is 2.26. The van der Waals surface area contributed by atoms with E-state index < -0.39 is 6.10 Å². The molecule has 0 aromatic carbocycles. The molecule has 0 amide bonds. The van der Waals surface area contributed by atoms with E-state index in [0.717, 1.165) is 12.8 Å². The molecular weight excluding hydrogens is 312 g/mol. The number of ether oxygens (including phenoxy) is 2. The lowest BCUT2D eigenvalue weighted by Gasteiger charge is -2.30. The highest BCUT2D eigenvalue weighted by atomic mass is 16.6. The molecule has 0 aromatic heterocycles. The maximum absolute atomic E-state index is 11.9. The Morgan fingerprint density at radius 1 is 1.08 bits per heavy atom. The number of carbonyl (C=O) groups is 1. The summed E-state index contributed by atoms with van der Waals surface area (Å²) in [5.74, 6) is -0.265. The van der Waals surface area contributed by atoms with Crippen molar-refractivity contribution >= 4 is 5.97 Å².